The summed E-state index contributed by atoms with van der Waals surface area (Å²) >= 11 is 0. The topological polar surface area (TPSA) is 122 Å². The molecule has 2 rings (SSSR count). The number of methoxy groups -OCH3 is 1. The number of ether oxygens (including phenoxy) is 2. The van der Waals surface area contributed by atoms with E-state index in [4.69, 9.17) is 9.47 Å². The van der Waals surface area contributed by atoms with Crippen molar-refractivity contribution in [3.05, 3.63) is 29.8 Å². The first kappa shape index (κ1) is 25.8. The Morgan fingerprint density at radius 1 is 1.22 bits per heavy atom. The van der Waals surface area contributed by atoms with Crippen molar-refractivity contribution in [1.29, 1.82) is 0 Å². The molecule has 0 radical (unpaired) electrons. The largest absolute Gasteiger partial charge is 0.466 e. The van der Waals surface area contributed by atoms with Gasteiger partial charge in [-0.1, -0.05) is 0 Å². The van der Waals surface area contributed by atoms with Gasteiger partial charge in [0.15, 0.2) is 0 Å². The van der Waals surface area contributed by atoms with E-state index in [2.05, 4.69) is 4.72 Å². The second kappa shape index (κ2) is 11.9. The highest BCUT2D eigenvalue weighted by Gasteiger charge is 2.30. The summed E-state index contributed by atoms with van der Waals surface area (Å²) in [4.78, 5) is 40.2. The number of likely N-dealkylation sites (N-methyl/N-ethyl adjacent to an activating group) is 1. The van der Waals surface area contributed by atoms with Crippen molar-refractivity contribution >= 4 is 27.8 Å². The molecule has 1 atom stereocenters. The Morgan fingerprint density at radius 3 is 2.53 bits per heavy atom. The van der Waals surface area contributed by atoms with Crippen LogP contribution in [-0.2, 0) is 29.1 Å². The third-order valence-electron chi connectivity index (χ3n) is 5.12. The molecule has 1 heterocycles. The number of carbonyl (C=O) groups excluding carboxylic acids is 3. The van der Waals surface area contributed by atoms with Crippen molar-refractivity contribution in [3.8, 4) is 0 Å². The minimum absolute atomic E-state index is 0.0298. The molecule has 2 amide bonds. The van der Waals surface area contributed by atoms with E-state index in [-0.39, 0.29) is 54.5 Å². The maximum atomic E-state index is 12.7. The molecule has 32 heavy (non-hydrogen) atoms. The van der Waals surface area contributed by atoms with Crippen LogP contribution in [0, 0.1) is 5.92 Å². The van der Waals surface area contributed by atoms with Crippen LogP contribution in [-0.4, -0.2) is 89.6 Å². The number of benzene rings is 1. The summed E-state index contributed by atoms with van der Waals surface area (Å²) in [6, 6.07) is 5.50. The molecule has 0 saturated carbocycles. The second-order valence-electron chi connectivity index (χ2n) is 7.51. The highest BCUT2D eigenvalue weighted by Crippen LogP contribution is 2.18. The minimum Gasteiger partial charge on any atom is -0.466 e. The maximum absolute atomic E-state index is 12.7. The van der Waals surface area contributed by atoms with Crippen LogP contribution < -0.4 is 4.72 Å². The van der Waals surface area contributed by atoms with Gasteiger partial charge in [-0.15, -0.1) is 0 Å². The van der Waals surface area contributed by atoms with Gasteiger partial charge in [-0.2, -0.15) is 0 Å². The van der Waals surface area contributed by atoms with Crippen molar-refractivity contribution < 1.29 is 32.3 Å². The SMILES string of the molecule is CCOC(=O)C1CCCN(C(=O)CN(C)C(=O)c2ccc(S(=O)(=O)NCCOC)cc2)C1. The Balaban J connectivity index is 1.95. The van der Waals surface area contributed by atoms with Crippen LogP contribution in [0.15, 0.2) is 29.2 Å². The molecule has 178 valence electrons. The number of esters is 1. The number of nitrogens with one attached hydrogen (secondary N) is 1. The number of rotatable bonds is 10. The van der Waals surface area contributed by atoms with Gasteiger partial charge in [0.05, 0.1) is 30.6 Å². The lowest BCUT2D eigenvalue weighted by Gasteiger charge is -2.32. The molecule has 1 aromatic carbocycles. The molecule has 0 spiro atoms. The number of piperidine rings is 1. The molecule has 1 fully saturated rings. The lowest BCUT2D eigenvalue weighted by Crippen LogP contribution is -2.47. The Labute approximate surface area is 188 Å². The van der Waals surface area contributed by atoms with Gasteiger partial charge in [0.1, 0.15) is 0 Å². The lowest BCUT2D eigenvalue weighted by atomic mass is 9.98. The van der Waals surface area contributed by atoms with Gasteiger partial charge in [0.2, 0.25) is 15.9 Å². The van der Waals surface area contributed by atoms with Gasteiger partial charge < -0.3 is 19.3 Å². The molecule has 0 bridgehead atoms. The molecule has 1 N–H and O–H groups in total. The fourth-order valence-electron chi connectivity index (χ4n) is 3.39. The fourth-order valence-corrected chi connectivity index (χ4v) is 4.40. The molecule has 1 aliphatic heterocycles. The summed E-state index contributed by atoms with van der Waals surface area (Å²) in [5.74, 6) is -1.31. The van der Waals surface area contributed by atoms with Gasteiger partial charge in [-0.25, -0.2) is 13.1 Å². The second-order valence-corrected chi connectivity index (χ2v) is 9.27. The van der Waals surface area contributed by atoms with Crippen molar-refractivity contribution in [3.63, 3.8) is 0 Å². The van der Waals surface area contributed by atoms with Crippen LogP contribution >= 0.6 is 0 Å². The highest BCUT2D eigenvalue weighted by molar-refractivity contribution is 7.89. The molecule has 0 aliphatic carbocycles. The van der Waals surface area contributed by atoms with Crippen LogP contribution in [0.25, 0.3) is 0 Å². The quantitative estimate of drug-likeness (QED) is 0.391. The predicted molar refractivity (Wildman–Crippen MR) is 116 cm³/mol. The summed E-state index contributed by atoms with van der Waals surface area (Å²) in [5.41, 5.74) is 0.263. The van der Waals surface area contributed by atoms with Crippen LogP contribution in [0.4, 0.5) is 0 Å². The number of likely N-dealkylation sites (tertiary alicyclic amines) is 1. The summed E-state index contributed by atoms with van der Waals surface area (Å²) in [6.45, 7) is 3.08. The number of hydrogen-bond donors (Lipinski definition) is 1. The zero-order valence-corrected chi connectivity index (χ0v) is 19.5. The number of nitrogens with zero attached hydrogens (tertiary/aromatic N) is 2. The van der Waals surface area contributed by atoms with Gasteiger partial charge in [-0.05, 0) is 44.0 Å². The monoisotopic (exact) mass is 469 g/mol. The Kier molecular flexibility index (Phi) is 9.60. The molecule has 1 unspecified atom stereocenters. The first-order valence-corrected chi connectivity index (χ1v) is 12.0. The summed E-state index contributed by atoms with van der Waals surface area (Å²) in [7, 11) is -0.723. The molecule has 0 aromatic heterocycles. The summed E-state index contributed by atoms with van der Waals surface area (Å²) in [5, 5.41) is 0. The van der Waals surface area contributed by atoms with Crippen molar-refractivity contribution in [2.45, 2.75) is 24.7 Å². The van der Waals surface area contributed by atoms with Crippen molar-refractivity contribution in [1.82, 2.24) is 14.5 Å². The fraction of sp³-hybridized carbons (Fsp3) is 0.571. The average Bonchev–Trinajstić information content (AvgIpc) is 2.79. The summed E-state index contributed by atoms with van der Waals surface area (Å²) < 4.78 is 36.7. The first-order chi connectivity index (χ1) is 15.2. The van der Waals surface area contributed by atoms with E-state index in [1.807, 2.05) is 0 Å². The molecule has 10 nitrogen and oxygen atoms in total. The molecular formula is C21H31N3O7S. The van der Waals surface area contributed by atoms with E-state index in [9.17, 15) is 22.8 Å². The van der Waals surface area contributed by atoms with Gasteiger partial charge in [0.25, 0.3) is 5.91 Å². The molecule has 11 heteroatoms. The van der Waals surface area contributed by atoms with E-state index in [0.717, 1.165) is 0 Å². The van der Waals surface area contributed by atoms with E-state index in [1.165, 1.54) is 43.3 Å². The number of hydrogen-bond acceptors (Lipinski definition) is 7. The zero-order valence-electron chi connectivity index (χ0n) is 18.7. The Bertz CT molecular complexity index is 902. The highest BCUT2D eigenvalue weighted by atomic mass is 32.2. The number of sulfonamides is 1. The predicted octanol–water partition coefficient (Wildman–Crippen LogP) is 0.485. The summed E-state index contributed by atoms with van der Waals surface area (Å²) in [6.07, 6.45) is 1.37. The van der Waals surface area contributed by atoms with E-state index < -0.39 is 15.9 Å². The van der Waals surface area contributed by atoms with Gasteiger partial charge in [0, 0.05) is 39.4 Å². The van der Waals surface area contributed by atoms with E-state index >= 15 is 0 Å². The normalized spacial score (nSPS) is 16.5. The third kappa shape index (κ3) is 7.01. The van der Waals surface area contributed by atoms with Gasteiger partial charge in [-0.3, -0.25) is 14.4 Å². The molecule has 1 saturated heterocycles. The number of carbonyl (C=O) groups is 3. The Hall–Kier alpha value is -2.50. The molecule has 1 aliphatic rings. The minimum atomic E-state index is -3.70. The average molecular weight is 470 g/mol. The third-order valence-corrected chi connectivity index (χ3v) is 6.60. The van der Waals surface area contributed by atoms with Crippen LogP contribution in [0.1, 0.15) is 30.1 Å². The van der Waals surface area contributed by atoms with Crippen molar-refractivity contribution in [2.75, 3.05) is 53.6 Å². The van der Waals surface area contributed by atoms with Gasteiger partial charge >= 0.3 is 5.97 Å². The van der Waals surface area contributed by atoms with Crippen LogP contribution in [0.5, 0.6) is 0 Å². The van der Waals surface area contributed by atoms with E-state index in [0.29, 0.717) is 26.0 Å². The lowest BCUT2D eigenvalue weighted by molar-refractivity contribution is -0.151. The van der Waals surface area contributed by atoms with E-state index in [1.54, 1.807) is 11.8 Å². The zero-order chi connectivity index (χ0) is 23.7. The van der Waals surface area contributed by atoms with Crippen LogP contribution in [0.2, 0.25) is 0 Å². The van der Waals surface area contributed by atoms with Crippen LogP contribution in [0.3, 0.4) is 0 Å². The molecule has 1 aromatic rings. The first-order valence-electron chi connectivity index (χ1n) is 10.5. The number of amides is 2. The smallest absolute Gasteiger partial charge is 0.310 e. The maximum Gasteiger partial charge on any atom is 0.310 e. The Morgan fingerprint density at radius 2 is 1.91 bits per heavy atom. The molecular weight excluding hydrogens is 438 g/mol. The van der Waals surface area contributed by atoms with Crippen molar-refractivity contribution in [2.24, 2.45) is 5.92 Å². The standard InChI is InChI=1S/C21H31N3O7S/c1-4-31-21(27)17-6-5-12-24(14-17)19(25)15-23(2)20(26)16-7-9-18(10-8-16)32(28,29)22-11-13-30-3/h7-10,17,22H,4-6,11-15H2,1-3H3.